The first-order valence-corrected chi connectivity index (χ1v) is 5.82. The predicted molar refractivity (Wildman–Crippen MR) is 69.7 cm³/mol. The van der Waals surface area contributed by atoms with E-state index in [1.165, 1.54) is 26.5 Å². The van der Waals surface area contributed by atoms with Crippen molar-refractivity contribution in [3.8, 4) is 11.8 Å². The standard InChI is InChI=1S/C14H13FN2O3/c1-8-4-9(6-10(15)5-8)13(18)12-14(20-3)17-11(19-2)7-16-12/h4-7H,1-3H3. The van der Waals surface area contributed by atoms with Gasteiger partial charge in [0.15, 0.2) is 5.69 Å². The molecular weight excluding hydrogens is 263 g/mol. The van der Waals surface area contributed by atoms with Crippen LogP contribution in [-0.4, -0.2) is 30.0 Å². The van der Waals surface area contributed by atoms with Crippen LogP contribution in [0.5, 0.6) is 11.8 Å². The third-order valence-electron chi connectivity index (χ3n) is 2.64. The second-order valence-electron chi connectivity index (χ2n) is 4.12. The summed E-state index contributed by atoms with van der Waals surface area (Å²) in [7, 11) is 2.80. The Kier molecular flexibility index (Phi) is 3.93. The Labute approximate surface area is 115 Å². The van der Waals surface area contributed by atoms with Gasteiger partial charge in [0.05, 0.1) is 20.4 Å². The summed E-state index contributed by atoms with van der Waals surface area (Å²) in [5, 5.41) is 0. The summed E-state index contributed by atoms with van der Waals surface area (Å²) >= 11 is 0. The molecule has 1 heterocycles. The second kappa shape index (κ2) is 5.64. The van der Waals surface area contributed by atoms with Crippen LogP contribution in [0.1, 0.15) is 21.6 Å². The molecule has 2 rings (SSSR count). The Hall–Kier alpha value is -2.50. The minimum atomic E-state index is -0.478. The number of aromatic nitrogens is 2. The van der Waals surface area contributed by atoms with Crippen LogP contribution in [-0.2, 0) is 0 Å². The molecule has 0 spiro atoms. The molecule has 0 unspecified atom stereocenters. The largest absolute Gasteiger partial charge is 0.480 e. The van der Waals surface area contributed by atoms with Gasteiger partial charge in [-0.25, -0.2) is 9.37 Å². The van der Waals surface area contributed by atoms with Gasteiger partial charge in [-0.1, -0.05) is 0 Å². The summed E-state index contributed by atoms with van der Waals surface area (Å²) in [5.74, 6) is -0.668. The Morgan fingerprint density at radius 1 is 1.20 bits per heavy atom. The van der Waals surface area contributed by atoms with Gasteiger partial charge in [-0.2, -0.15) is 4.98 Å². The van der Waals surface area contributed by atoms with Crippen molar-refractivity contribution in [1.29, 1.82) is 0 Å². The molecule has 1 aromatic carbocycles. The number of methoxy groups -OCH3 is 2. The van der Waals surface area contributed by atoms with E-state index in [9.17, 15) is 9.18 Å². The zero-order chi connectivity index (χ0) is 14.7. The summed E-state index contributed by atoms with van der Waals surface area (Å²) in [4.78, 5) is 20.3. The molecule has 104 valence electrons. The smallest absolute Gasteiger partial charge is 0.247 e. The lowest BCUT2D eigenvalue weighted by molar-refractivity contribution is 0.102. The molecule has 0 amide bonds. The number of aryl methyl sites for hydroxylation is 1. The van der Waals surface area contributed by atoms with E-state index in [1.54, 1.807) is 13.0 Å². The van der Waals surface area contributed by atoms with Gasteiger partial charge in [0, 0.05) is 5.56 Å². The monoisotopic (exact) mass is 276 g/mol. The van der Waals surface area contributed by atoms with Crippen molar-refractivity contribution in [2.24, 2.45) is 0 Å². The fraction of sp³-hybridized carbons (Fsp3) is 0.214. The molecule has 2 aromatic rings. The lowest BCUT2D eigenvalue weighted by atomic mass is 10.1. The third kappa shape index (κ3) is 2.74. The molecule has 20 heavy (non-hydrogen) atoms. The van der Waals surface area contributed by atoms with Crippen molar-refractivity contribution in [2.45, 2.75) is 6.92 Å². The maximum absolute atomic E-state index is 13.4. The quantitative estimate of drug-likeness (QED) is 0.801. The average Bonchev–Trinajstić information content (AvgIpc) is 2.44. The Balaban J connectivity index is 2.47. The van der Waals surface area contributed by atoms with Gasteiger partial charge < -0.3 is 9.47 Å². The minimum absolute atomic E-state index is 0.0123. The van der Waals surface area contributed by atoms with E-state index in [1.807, 2.05) is 0 Å². The van der Waals surface area contributed by atoms with Crippen LogP contribution in [0.4, 0.5) is 4.39 Å². The highest BCUT2D eigenvalue weighted by atomic mass is 19.1. The van der Waals surface area contributed by atoms with Gasteiger partial charge in [-0.3, -0.25) is 4.79 Å². The fourth-order valence-electron chi connectivity index (χ4n) is 1.76. The summed E-state index contributed by atoms with van der Waals surface area (Å²) in [6, 6.07) is 4.07. The van der Waals surface area contributed by atoms with Gasteiger partial charge >= 0.3 is 0 Å². The van der Waals surface area contributed by atoms with E-state index >= 15 is 0 Å². The molecule has 6 heteroatoms. The summed E-state index contributed by atoms with van der Waals surface area (Å²) in [6.45, 7) is 1.71. The maximum atomic E-state index is 13.4. The van der Waals surface area contributed by atoms with Crippen LogP contribution in [0.15, 0.2) is 24.4 Å². The van der Waals surface area contributed by atoms with E-state index in [-0.39, 0.29) is 23.0 Å². The van der Waals surface area contributed by atoms with E-state index in [2.05, 4.69) is 9.97 Å². The molecule has 0 aliphatic heterocycles. The van der Waals surface area contributed by atoms with Crippen molar-refractivity contribution in [3.05, 3.63) is 47.0 Å². The van der Waals surface area contributed by atoms with E-state index < -0.39 is 11.6 Å². The maximum Gasteiger partial charge on any atom is 0.247 e. The van der Waals surface area contributed by atoms with Gasteiger partial charge in [0.2, 0.25) is 17.5 Å². The number of nitrogens with zero attached hydrogens (tertiary/aromatic N) is 2. The van der Waals surface area contributed by atoms with Gasteiger partial charge in [-0.15, -0.1) is 0 Å². The van der Waals surface area contributed by atoms with Crippen LogP contribution in [0.3, 0.4) is 0 Å². The van der Waals surface area contributed by atoms with Gasteiger partial charge in [0.25, 0.3) is 0 Å². The summed E-state index contributed by atoms with van der Waals surface area (Å²) in [6.07, 6.45) is 1.31. The SMILES string of the molecule is COc1cnc(C(=O)c2cc(C)cc(F)c2)c(OC)n1. The molecule has 5 nitrogen and oxygen atoms in total. The van der Waals surface area contributed by atoms with E-state index in [0.717, 1.165) is 6.07 Å². The van der Waals surface area contributed by atoms with Crippen molar-refractivity contribution >= 4 is 5.78 Å². The first kappa shape index (κ1) is 13.9. The van der Waals surface area contributed by atoms with Gasteiger partial charge in [0.1, 0.15) is 5.82 Å². The fourth-order valence-corrected chi connectivity index (χ4v) is 1.76. The molecular formula is C14H13FN2O3. The summed E-state index contributed by atoms with van der Waals surface area (Å²) in [5.41, 5.74) is 0.854. The topological polar surface area (TPSA) is 61.3 Å². The van der Waals surface area contributed by atoms with Crippen LogP contribution in [0.25, 0.3) is 0 Å². The lowest BCUT2D eigenvalue weighted by Gasteiger charge is -2.08. The molecule has 0 fully saturated rings. The van der Waals surface area contributed by atoms with Gasteiger partial charge in [-0.05, 0) is 30.7 Å². The van der Waals surface area contributed by atoms with Crippen molar-refractivity contribution in [1.82, 2.24) is 9.97 Å². The second-order valence-corrected chi connectivity index (χ2v) is 4.12. The van der Waals surface area contributed by atoms with Crippen molar-refractivity contribution in [2.75, 3.05) is 14.2 Å². The minimum Gasteiger partial charge on any atom is -0.480 e. The van der Waals surface area contributed by atoms with Crippen LogP contribution < -0.4 is 9.47 Å². The molecule has 0 atom stereocenters. The van der Waals surface area contributed by atoms with Crippen LogP contribution in [0.2, 0.25) is 0 Å². The third-order valence-corrected chi connectivity index (χ3v) is 2.64. The normalized spacial score (nSPS) is 10.2. The highest BCUT2D eigenvalue weighted by molar-refractivity contribution is 6.09. The van der Waals surface area contributed by atoms with Crippen molar-refractivity contribution in [3.63, 3.8) is 0 Å². The number of benzene rings is 1. The first-order valence-electron chi connectivity index (χ1n) is 5.82. The highest BCUT2D eigenvalue weighted by Gasteiger charge is 2.19. The number of halogens is 1. The molecule has 0 N–H and O–H groups in total. The van der Waals surface area contributed by atoms with E-state index in [4.69, 9.17) is 9.47 Å². The van der Waals surface area contributed by atoms with Crippen LogP contribution in [0, 0.1) is 12.7 Å². The molecule has 0 saturated heterocycles. The number of hydrogen-bond acceptors (Lipinski definition) is 5. The Morgan fingerprint density at radius 2 is 1.95 bits per heavy atom. The molecule has 1 aromatic heterocycles. The van der Waals surface area contributed by atoms with Crippen LogP contribution >= 0.6 is 0 Å². The first-order chi connectivity index (χ1) is 9.55. The Morgan fingerprint density at radius 3 is 2.55 bits per heavy atom. The number of ether oxygens (including phenoxy) is 2. The zero-order valence-corrected chi connectivity index (χ0v) is 11.3. The zero-order valence-electron chi connectivity index (χ0n) is 11.3. The van der Waals surface area contributed by atoms with Crippen molar-refractivity contribution < 1.29 is 18.7 Å². The lowest BCUT2D eigenvalue weighted by Crippen LogP contribution is -2.09. The number of rotatable bonds is 4. The Bertz CT molecular complexity index is 639. The number of ketones is 1. The molecule has 0 aliphatic rings. The highest BCUT2D eigenvalue weighted by Crippen LogP contribution is 2.21. The predicted octanol–water partition coefficient (Wildman–Crippen LogP) is 2.17. The van der Waals surface area contributed by atoms with E-state index in [0.29, 0.717) is 5.56 Å². The molecule has 0 radical (unpaired) electrons. The molecule has 0 bridgehead atoms. The number of carbonyl (C=O) groups is 1. The summed E-state index contributed by atoms with van der Waals surface area (Å²) < 4.78 is 23.3. The average molecular weight is 276 g/mol. The molecule has 0 aliphatic carbocycles. The number of hydrogen-bond donors (Lipinski definition) is 0. The number of carbonyl (C=O) groups excluding carboxylic acids is 1. The molecule has 0 saturated carbocycles.